The first-order valence-electron chi connectivity index (χ1n) is 7.82. The normalized spacial score (nSPS) is 10.3. The van der Waals surface area contributed by atoms with Gasteiger partial charge < -0.3 is 9.64 Å². The summed E-state index contributed by atoms with van der Waals surface area (Å²) in [6, 6.07) is 10.7. The molecular formula is C18H17ClN2O5. The Bertz CT molecular complexity index is 853. The Hall–Kier alpha value is -2.93. The summed E-state index contributed by atoms with van der Waals surface area (Å²) in [5, 5.41) is 11.8. The minimum Gasteiger partial charge on any atom is -0.462 e. The number of halogens is 1. The second-order valence-electron chi connectivity index (χ2n) is 5.38. The molecule has 136 valence electrons. The lowest BCUT2D eigenvalue weighted by Gasteiger charge is -2.22. The first-order valence-corrected chi connectivity index (χ1v) is 8.20. The molecular weight excluding hydrogens is 360 g/mol. The van der Waals surface area contributed by atoms with E-state index in [0.717, 1.165) is 0 Å². The Morgan fingerprint density at radius 3 is 2.50 bits per heavy atom. The number of hydrogen-bond donors (Lipinski definition) is 0. The van der Waals surface area contributed by atoms with Gasteiger partial charge in [0.1, 0.15) is 5.69 Å². The third kappa shape index (κ3) is 4.37. The molecule has 0 unspecified atom stereocenters. The highest BCUT2D eigenvalue weighted by Gasteiger charge is 2.25. The Balaban J connectivity index is 2.53. The van der Waals surface area contributed by atoms with Gasteiger partial charge >= 0.3 is 5.97 Å². The molecule has 2 aromatic carbocycles. The molecule has 0 atom stereocenters. The zero-order chi connectivity index (χ0) is 19.3. The van der Waals surface area contributed by atoms with Crippen molar-refractivity contribution in [2.24, 2.45) is 0 Å². The van der Waals surface area contributed by atoms with Crippen molar-refractivity contribution < 1.29 is 19.2 Å². The van der Waals surface area contributed by atoms with Crippen LogP contribution in [0.5, 0.6) is 0 Å². The number of esters is 1. The maximum absolute atomic E-state index is 12.2. The highest BCUT2D eigenvalue weighted by molar-refractivity contribution is 6.31. The molecule has 0 aliphatic heterocycles. The summed E-state index contributed by atoms with van der Waals surface area (Å²) in [6.07, 6.45) is 0. The Morgan fingerprint density at radius 1 is 1.23 bits per heavy atom. The summed E-state index contributed by atoms with van der Waals surface area (Å²) in [6.45, 7) is 3.14. The van der Waals surface area contributed by atoms with E-state index in [-0.39, 0.29) is 30.1 Å². The molecule has 0 aromatic heterocycles. The largest absolute Gasteiger partial charge is 0.462 e. The number of nitro benzene ring substituents is 1. The minimum atomic E-state index is -0.620. The number of hydrogen-bond acceptors (Lipinski definition) is 5. The van der Waals surface area contributed by atoms with E-state index >= 15 is 0 Å². The molecule has 8 heteroatoms. The molecule has 1 amide bonds. The van der Waals surface area contributed by atoms with Gasteiger partial charge in [-0.15, -0.1) is 0 Å². The molecule has 0 fully saturated rings. The summed E-state index contributed by atoms with van der Waals surface area (Å²) in [7, 11) is 0. The van der Waals surface area contributed by atoms with E-state index in [0.29, 0.717) is 10.6 Å². The molecule has 0 aliphatic carbocycles. The van der Waals surface area contributed by atoms with Crippen molar-refractivity contribution in [2.75, 3.05) is 11.5 Å². The predicted octanol–water partition coefficient (Wildman–Crippen LogP) is 3.98. The van der Waals surface area contributed by atoms with Crippen molar-refractivity contribution in [1.29, 1.82) is 0 Å². The molecule has 0 aliphatic rings. The van der Waals surface area contributed by atoms with E-state index in [2.05, 4.69) is 0 Å². The third-order valence-corrected chi connectivity index (χ3v) is 4.01. The number of ether oxygens (including phenoxy) is 1. The molecule has 26 heavy (non-hydrogen) atoms. The van der Waals surface area contributed by atoms with E-state index in [9.17, 15) is 19.7 Å². The quantitative estimate of drug-likeness (QED) is 0.432. The van der Waals surface area contributed by atoms with Crippen LogP contribution in [0.3, 0.4) is 0 Å². The van der Waals surface area contributed by atoms with E-state index in [1.807, 2.05) is 0 Å². The van der Waals surface area contributed by atoms with Gasteiger partial charge in [-0.1, -0.05) is 29.8 Å². The maximum atomic E-state index is 12.2. The molecule has 0 saturated carbocycles. The number of carbonyl (C=O) groups excluding carboxylic acids is 2. The molecule has 0 spiro atoms. The van der Waals surface area contributed by atoms with Gasteiger partial charge in [-0.05, 0) is 30.7 Å². The number of nitrogens with zero attached hydrogens (tertiary/aromatic N) is 2. The van der Waals surface area contributed by atoms with Crippen LogP contribution >= 0.6 is 11.6 Å². The lowest BCUT2D eigenvalue weighted by molar-refractivity contribution is -0.384. The van der Waals surface area contributed by atoms with Crippen LogP contribution in [0.1, 0.15) is 29.8 Å². The summed E-state index contributed by atoms with van der Waals surface area (Å²) >= 11 is 6.14. The van der Waals surface area contributed by atoms with Crippen molar-refractivity contribution in [1.82, 2.24) is 0 Å². The fraction of sp³-hybridized carbons (Fsp3) is 0.222. The van der Waals surface area contributed by atoms with Crippen LogP contribution in [0, 0.1) is 10.1 Å². The van der Waals surface area contributed by atoms with Gasteiger partial charge in [0, 0.05) is 18.0 Å². The number of anilines is 1. The van der Waals surface area contributed by atoms with E-state index in [1.54, 1.807) is 31.2 Å². The van der Waals surface area contributed by atoms with Crippen molar-refractivity contribution in [3.63, 3.8) is 0 Å². The lowest BCUT2D eigenvalue weighted by atomic mass is 10.1. The zero-order valence-electron chi connectivity index (χ0n) is 14.3. The van der Waals surface area contributed by atoms with E-state index < -0.39 is 16.8 Å². The van der Waals surface area contributed by atoms with Gasteiger partial charge in [-0.3, -0.25) is 14.9 Å². The molecule has 2 aromatic rings. The highest BCUT2D eigenvalue weighted by Crippen LogP contribution is 2.32. The second-order valence-corrected chi connectivity index (χ2v) is 5.78. The fourth-order valence-corrected chi connectivity index (χ4v) is 2.59. The molecule has 0 bridgehead atoms. The number of rotatable bonds is 6. The van der Waals surface area contributed by atoms with Crippen LogP contribution in [0.15, 0.2) is 42.5 Å². The number of amides is 1. The van der Waals surface area contributed by atoms with Gasteiger partial charge in [0.05, 0.1) is 23.6 Å². The van der Waals surface area contributed by atoms with Crippen LogP contribution in [-0.4, -0.2) is 23.4 Å². The Kier molecular flexibility index (Phi) is 6.30. The number of nitro groups is 1. The van der Waals surface area contributed by atoms with Crippen molar-refractivity contribution in [3.8, 4) is 0 Å². The molecule has 0 radical (unpaired) electrons. The van der Waals surface area contributed by atoms with Crippen LogP contribution in [0.2, 0.25) is 5.02 Å². The molecule has 2 rings (SSSR count). The molecule has 0 heterocycles. The summed E-state index contributed by atoms with van der Waals surface area (Å²) in [5.41, 5.74) is 0.464. The maximum Gasteiger partial charge on any atom is 0.338 e. The average molecular weight is 377 g/mol. The molecule has 0 saturated heterocycles. The third-order valence-electron chi connectivity index (χ3n) is 3.64. The van der Waals surface area contributed by atoms with Crippen LogP contribution in [0.25, 0.3) is 0 Å². The zero-order valence-corrected chi connectivity index (χ0v) is 15.0. The smallest absolute Gasteiger partial charge is 0.338 e. The molecule has 0 N–H and O–H groups in total. The number of benzene rings is 2. The monoisotopic (exact) mass is 376 g/mol. The lowest BCUT2D eigenvalue weighted by Crippen LogP contribution is -2.29. The summed E-state index contributed by atoms with van der Waals surface area (Å²) in [4.78, 5) is 36.2. The van der Waals surface area contributed by atoms with E-state index in [1.165, 1.54) is 30.0 Å². The first-order chi connectivity index (χ1) is 12.3. The highest BCUT2D eigenvalue weighted by atomic mass is 35.5. The van der Waals surface area contributed by atoms with Gasteiger partial charge in [0.25, 0.3) is 5.69 Å². The Labute approximate surface area is 155 Å². The van der Waals surface area contributed by atoms with Crippen molar-refractivity contribution in [3.05, 3.63) is 68.7 Å². The Morgan fingerprint density at radius 2 is 1.92 bits per heavy atom. The first kappa shape index (κ1) is 19.4. The van der Waals surface area contributed by atoms with Gasteiger partial charge in [-0.2, -0.15) is 0 Å². The van der Waals surface area contributed by atoms with Crippen LogP contribution in [-0.2, 0) is 16.1 Å². The standard InChI is InChI=1S/C18H17ClN2O5/c1-3-26-18(23)13-8-9-16(21(24)25)17(10-13)20(12(2)22)11-14-6-4-5-7-15(14)19/h4-10H,3,11H2,1-2H3. The van der Waals surface area contributed by atoms with Crippen LogP contribution in [0.4, 0.5) is 11.4 Å². The predicted molar refractivity (Wildman–Crippen MR) is 97.4 cm³/mol. The van der Waals surface area contributed by atoms with Crippen molar-refractivity contribution >= 4 is 34.9 Å². The fourth-order valence-electron chi connectivity index (χ4n) is 2.40. The minimum absolute atomic E-state index is 0.00738. The van der Waals surface area contributed by atoms with Crippen molar-refractivity contribution in [2.45, 2.75) is 20.4 Å². The van der Waals surface area contributed by atoms with Gasteiger partial charge in [0.15, 0.2) is 0 Å². The summed E-state index contributed by atoms with van der Waals surface area (Å²) in [5.74, 6) is -1.04. The topological polar surface area (TPSA) is 89.8 Å². The van der Waals surface area contributed by atoms with Gasteiger partial charge in [0.2, 0.25) is 5.91 Å². The van der Waals surface area contributed by atoms with Crippen LogP contribution < -0.4 is 4.90 Å². The van der Waals surface area contributed by atoms with Gasteiger partial charge in [-0.25, -0.2) is 4.79 Å². The summed E-state index contributed by atoms with van der Waals surface area (Å²) < 4.78 is 4.93. The number of carbonyl (C=O) groups is 2. The molecule has 7 nitrogen and oxygen atoms in total. The second kappa shape index (κ2) is 8.44. The average Bonchev–Trinajstić information content (AvgIpc) is 2.60. The van der Waals surface area contributed by atoms with E-state index in [4.69, 9.17) is 16.3 Å². The SMILES string of the molecule is CCOC(=O)c1ccc([N+](=O)[O-])c(N(Cc2ccccc2Cl)C(C)=O)c1.